The van der Waals surface area contributed by atoms with E-state index in [-0.39, 0.29) is 58.7 Å². The summed E-state index contributed by atoms with van der Waals surface area (Å²) in [6.45, 7) is 3.95. The van der Waals surface area contributed by atoms with E-state index in [1.54, 1.807) is 30.3 Å². The highest BCUT2D eigenvalue weighted by atomic mass is 19.1. The van der Waals surface area contributed by atoms with Gasteiger partial charge >= 0.3 is 0 Å². The highest BCUT2D eigenvalue weighted by Gasteiger charge is 2.35. The Morgan fingerprint density at radius 1 is 0.941 bits per heavy atom. The Morgan fingerprint density at radius 3 is 2.35 bits per heavy atom. The Balaban J connectivity index is 0.814. The van der Waals surface area contributed by atoms with Gasteiger partial charge in [0.1, 0.15) is 34.8 Å². The van der Waals surface area contributed by atoms with Gasteiger partial charge in [-0.15, -0.1) is 0 Å². The van der Waals surface area contributed by atoms with Gasteiger partial charge in [-0.25, -0.2) is 4.39 Å². The van der Waals surface area contributed by atoms with Crippen molar-refractivity contribution < 1.29 is 37.9 Å². The van der Waals surface area contributed by atoms with Gasteiger partial charge in [0, 0.05) is 69.9 Å². The van der Waals surface area contributed by atoms with Crippen LogP contribution in [0.2, 0.25) is 0 Å². The molecule has 68 heavy (non-hydrogen) atoms. The first-order valence-corrected chi connectivity index (χ1v) is 23.1. The number of likely N-dealkylation sites (N-methyl/N-ethyl adjacent to an activating group) is 1. The lowest BCUT2D eigenvalue weighted by molar-refractivity contribution is -0.136. The molecule has 3 saturated heterocycles. The number of para-hydroxylation sites is 1. The molecule has 17 heteroatoms. The molecule has 4 heterocycles. The number of aldehydes is 1. The van der Waals surface area contributed by atoms with Crippen molar-refractivity contribution >= 4 is 53.0 Å². The van der Waals surface area contributed by atoms with Gasteiger partial charge in [0.15, 0.2) is 6.29 Å². The zero-order valence-corrected chi connectivity index (χ0v) is 37.9. The number of halogens is 1. The molecule has 5 amide bonds. The summed E-state index contributed by atoms with van der Waals surface area (Å²) >= 11 is 0. The van der Waals surface area contributed by atoms with Gasteiger partial charge in [-0.1, -0.05) is 36.4 Å². The van der Waals surface area contributed by atoms with Gasteiger partial charge in [0.2, 0.25) is 11.8 Å². The van der Waals surface area contributed by atoms with Crippen LogP contribution in [0.3, 0.4) is 0 Å². The van der Waals surface area contributed by atoms with Crippen molar-refractivity contribution in [3.63, 3.8) is 0 Å². The SMILES string of the molecule is CN(C(=O)c1cc(N2CCC(CN3CCC(NC(=O)C4=CC5=CC(C=C4)NC(C(C(N)=O)=C(N)c4ccc(Oc6ccccc6)cc4)=NCC5)CC3)CC2)c(F)cc1C=O)C1CCC(=O)NC1=O. The number of anilines is 1. The average molecular weight is 926 g/mol. The number of ether oxygens (including phenoxy) is 1. The van der Waals surface area contributed by atoms with Gasteiger partial charge < -0.3 is 41.5 Å². The number of piperidine rings is 3. The van der Waals surface area contributed by atoms with Crippen LogP contribution >= 0.6 is 0 Å². The standard InChI is InChI=1S/C51H56FN9O7/c1-59(42-13-14-44(63)58-50(42)66)51(67)40-28-43(41(52)27-35(40)30-62)61-23-16-31(17-24-61)29-60-21-18-36(19-22-60)57-49(65)34-7-10-37-26-32(25-34)15-20-55-48(56-37)45(47(54)64)46(53)33-8-11-39(12-9-33)68-38-5-3-2-4-6-38/h2-12,25-28,30-31,36-37,42H,13-24,29,53H2,1H3,(H2,54,64)(H,55,56)(H,57,65)(H,58,63,66). The number of carbonyl (C=O) groups excluding carboxylic acids is 6. The first-order valence-electron chi connectivity index (χ1n) is 23.1. The number of allylic oxidation sites excluding steroid dienone is 1. The molecule has 0 radical (unpaired) electrons. The maximum absolute atomic E-state index is 15.4. The zero-order chi connectivity index (χ0) is 47.9. The van der Waals surface area contributed by atoms with Crippen molar-refractivity contribution in [2.75, 3.05) is 51.2 Å². The van der Waals surface area contributed by atoms with Crippen LogP contribution in [0.25, 0.3) is 5.70 Å². The number of carbonyl (C=O) groups is 6. The van der Waals surface area contributed by atoms with Crippen LogP contribution in [-0.2, 0) is 19.2 Å². The molecule has 0 spiro atoms. The van der Waals surface area contributed by atoms with Crippen LogP contribution in [0.1, 0.15) is 71.2 Å². The molecular weight excluding hydrogens is 870 g/mol. The van der Waals surface area contributed by atoms with Crippen molar-refractivity contribution in [3.05, 3.63) is 130 Å². The molecule has 3 fully saturated rings. The maximum atomic E-state index is 15.4. The molecule has 7 N–H and O–H groups in total. The molecule has 5 aliphatic rings. The quantitative estimate of drug-likeness (QED) is 0.0932. The van der Waals surface area contributed by atoms with Gasteiger partial charge in [-0.3, -0.25) is 39.1 Å². The number of benzene rings is 3. The average Bonchev–Trinajstić information content (AvgIpc) is 3.55. The Bertz CT molecular complexity index is 2610. The largest absolute Gasteiger partial charge is 0.457 e. The Kier molecular flexibility index (Phi) is 14.6. The fraction of sp³-hybridized carbons (Fsp3) is 0.353. The van der Waals surface area contributed by atoms with Crippen molar-refractivity contribution in [1.82, 2.24) is 25.8 Å². The van der Waals surface area contributed by atoms with Crippen LogP contribution in [0, 0.1) is 11.7 Å². The number of aliphatic imine (C=N–C) groups is 1. The minimum absolute atomic E-state index is 0.00132. The number of primary amides is 1. The van der Waals surface area contributed by atoms with Crippen LogP contribution in [0.5, 0.6) is 11.5 Å². The summed E-state index contributed by atoms with van der Waals surface area (Å²) in [5.41, 5.74) is 14.9. The number of likely N-dealkylation sites (tertiary alicyclic amines) is 1. The Labute approximate surface area is 394 Å². The first-order chi connectivity index (χ1) is 32.8. The lowest BCUT2D eigenvalue weighted by Crippen LogP contribution is -2.53. The molecule has 4 aliphatic heterocycles. The van der Waals surface area contributed by atoms with Gasteiger partial charge in [-0.05, 0) is 110 Å². The lowest BCUT2D eigenvalue weighted by Gasteiger charge is -2.38. The van der Waals surface area contributed by atoms with E-state index in [1.807, 2.05) is 53.5 Å². The number of nitrogens with two attached hydrogens (primary N) is 2. The number of nitrogens with one attached hydrogen (secondary N) is 3. The second kappa shape index (κ2) is 21.1. The molecule has 8 rings (SSSR count). The number of amides is 5. The molecule has 0 saturated carbocycles. The van der Waals surface area contributed by atoms with Gasteiger partial charge in [0.25, 0.3) is 17.7 Å². The van der Waals surface area contributed by atoms with E-state index in [2.05, 4.69) is 20.9 Å². The van der Waals surface area contributed by atoms with Crippen molar-refractivity contribution in [1.29, 1.82) is 0 Å². The van der Waals surface area contributed by atoms with Crippen molar-refractivity contribution in [2.24, 2.45) is 22.4 Å². The van der Waals surface area contributed by atoms with Crippen LogP contribution in [0.4, 0.5) is 10.1 Å². The number of amidine groups is 1. The van der Waals surface area contributed by atoms with E-state index in [1.165, 1.54) is 18.0 Å². The second-order valence-electron chi connectivity index (χ2n) is 17.8. The van der Waals surface area contributed by atoms with Gasteiger partial charge in [0.05, 0.1) is 23.0 Å². The van der Waals surface area contributed by atoms with E-state index in [0.29, 0.717) is 60.9 Å². The fourth-order valence-electron chi connectivity index (χ4n) is 9.41. The monoisotopic (exact) mass is 925 g/mol. The number of fused-ring (bicyclic) bond motifs is 1. The van der Waals surface area contributed by atoms with E-state index < -0.39 is 41.5 Å². The van der Waals surface area contributed by atoms with E-state index in [9.17, 15) is 28.8 Å². The minimum atomic E-state index is -0.882. The predicted molar refractivity (Wildman–Crippen MR) is 255 cm³/mol. The summed E-state index contributed by atoms with van der Waals surface area (Å²) < 4.78 is 21.3. The predicted octanol–water partition coefficient (Wildman–Crippen LogP) is 4.14. The molecular formula is C51H56FN9O7. The third kappa shape index (κ3) is 11.1. The Hall–Kier alpha value is -7.40. The summed E-state index contributed by atoms with van der Waals surface area (Å²) in [4.78, 5) is 86.4. The summed E-state index contributed by atoms with van der Waals surface area (Å²) in [6.07, 6.45) is 11.9. The third-order valence-electron chi connectivity index (χ3n) is 13.2. The molecule has 354 valence electrons. The third-order valence-corrected chi connectivity index (χ3v) is 13.2. The van der Waals surface area contributed by atoms with Crippen LogP contribution in [0.15, 0.2) is 113 Å². The number of hydrogen-bond donors (Lipinski definition) is 5. The number of imide groups is 1. The minimum Gasteiger partial charge on any atom is -0.457 e. The molecule has 1 aliphatic carbocycles. The molecule has 3 aromatic rings. The van der Waals surface area contributed by atoms with Gasteiger partial charge in [-0.2, -0.15) is 0 Å². The first kappa shape index (κ1) is 47.1. The van der Waals surface area contributed by atoms with E-state index >= 15 is 4.39 Å². The maximum Gasteiger partial charge on any atom is 0.255 e. The fourth-order valence-corrected chi connectivity index (χ4v) is 9.41. The molecule has 16 nitrogen and oxygen atoms in total. The highest BCUT2D eigenvalue weighted by Crippen LogP contribution is 2.31. The molecule has 3 aromatic carbocycles. The smallest absolute Gasteiger partial charge is 0.255 e. The number of hydrogen-bond acceptors (Lipinski definition) is 12. The zero-order valence-electron chi connectivity index (χ0n) is 37.9. The Morgan fingerprint density at radius 2 is 1.66 bits per heavy atom. The second-order valence-corrected chi connectivity index (χ2v) is 17.8. The topological polar surface area (TPSA) is 222 Å². The lowest BCUT2D eigenvalue weighted by atomic mass is 9.93. The number of rotatable bonds is 13. The summed E-state index contributed by atoms with van der Waals surface area (Å²) in [7, 11) is 1.44. The molecule has 2 unspecified atom stereocenters. The highest BCUT2D eigenvalue weighted by molar-refractivity contribution is 6.25. The molecule has 0 aromatic heterocycles. The normalized spacial score (nSPS) is 20.7. The van der Waals surface area contributed by atoms with E-state index in [0.717, 1.165) is 57.0 Å². The van der Waals surface area contributed by atoms with Crippen LogP contribution < -0.4 is 37.1 Å². The van der Waals surface area contributed by atoms with E-state index in [4.69, 9.17) is 21.2 Å². The van der Waals surface area contributed by atoms with Crippen molar-refractivity contribution in [2.45, 2.75) is 63.1 Å². The molecule has 2 bridgehead atoms. The number of nitrogens with zero attached hydrogens (tertiary/aromatic N) is 4. The molecule has 2 atom stereocenters. The van der Waals surface area contributed by atoms with Crippen LogP contribution in [-0.4, -0.2) is 116 Å². The summed E-state index contributed by atoms with van der Waals surface area (Å²) in [5, 5.41) is 8.80. The van der Waals surface area contributed by atoms with Crippen molar-refractivity contribution in [3.8, 4) is 11.5 Å². The summed E-state index contributed by atoms with van der Waals surface area (Å²) in [5.74, 6) is -1.15. The summed E-state index contributed by atoms with van der Waals surface area (Å²) in [6, 6.07) is 17.6.